The Kier molecular flexibility index (Phi) is 7.08. The number of hydrogen-bond acceptors (Lipinski definition) is 2. The maximum Gasteiger partial charge on any atom is 0.211 e. The summed E-state index contributed by atoms with van der Waals surface area (Å²) in [4.78, 5) is 0. The van der Waals surface area contributed by atoms with Gasteiger partial charge in [0, 0.05) is 11.9 Å². The zero-order valence-corrected chi connectivity index (χ0v) is 9.75. The highest BCUT2D eigenvalue weighted by Gasteiger charge is 2.06. The highest BCUT2D eigenvalue weighted by atomic mass is 79.9. The first-order valence-corrected chi connectivity index (χ1v) is 6.93. The van der Waals surface area contributed by atoms with E-state index in [4.69, 9.17) is 0 Å². The van der Waals surface area contributed by atoms with Crippen LogP contribution in [0.2, 0.25) is 0 Å². The Bertz CT molecular complexity index is 192. The number of halogens is 1. The minimum Gasteiger partial charge on any atom is -0.215 e. The van der Waals surface area contributed by atoms with Gasteiger partial charge in [-0.05, 0) is 12.8 Å². The lowest BCUT2D eigenvalue weighted by atomic mass is 10.4. The SMILES string of the molecule is CCCCS(=O)(=O)NCCCBr. The molecule has 74 valence electrons. The number of hydrogen-bond donors (Lipinski definition) is 1. The van der Waals surface area contributed by atoms with Crippen molar-refractivity contribution in [2.75, 3.05) is 17.6 Å². The van der Waals surface area contributed by atoms with E-state index in [2.05, 4.69) is 20.7 Å². The van der Waals surface area contributed by atoms with E-state index in [-0.39, 0.29) is 5.75 Å². The zero-order valence-electron chi connectivity index (χ0n) is 7.35. The molecule has 12 heavy (non-hydrogen) atoms. The van der Waals surface area contributed by atoms with Crippen molar-refractivity contribution in [1.29, 1.82) is 0 Å². The summed E-state index contributed by atoms with van der Waals surface area (Å²) < 4.78 is 24.8. The molecular weight excluding hydrogens is 242 g/mol. The van der Waals surface area contributed by atoms with E-state index in [1.807, 2.05) is 6.92 Å². The minimum atomic E-state index is -2.99. The Hall–Kier alpha value is 0.390. The van der Waals surface area contributed by atoms with E-state index in [1.165, 1.54) is 0 Å². The number of rotatable bonds is 7. The third kappa shape index (κ3) is 7.06. The molecule has 0 aromatic heterocycles. The van der Waals surface area contributed by atoms with Crippen molar-refractivity contribution in [2.45, 2.75) is 26.2 Å². The Balaban J connectivity index is 3.58. The largest absolute Gasteiger partial charge is 0.215 e. The highest BCUT2D eigenvalue weighted by Crippen LogP contribution is 1.94. The van der Waals surface area contributed by atoms with Gasteiger partial charge in [0.1, 0.15) is 0 Å². The lowest BCUT2D eigenvalue weighted by molar-refractivity contribution is 0.578. The number of sulfonamides is 1. The molecule has 0 heterocycles. The Morgan fingerprint density at radius 3 is 2.50 bits per heavy atom. The summed E-state index contributed by atoms with van der Waals surface area (Å²) in [5, 5.41) is 0.837. The highest BCUT2D eigenvalue weighted by molar-refractivity contribution is 9.09. The van der Waals surface area contributed by atoms with Crippen LogP contribution in [0, 0.1) is 0 Å². The first-order valence-electron chi connectivity index (χ1n) is 4.15. The molecule has 0 rings (SSSR count). The molecule has 0 saturated heterocycles. The van der Waals surface area contributed by atoms with Crippen LogP contribution in [0.1, 0.15) is 26.2 Å². The second kappa shape index (κ2) is 6.86. The summed E-state index contributed by atoms with van der Waals surface area (Å²) in [6.45, 7) is 2.52. The summed E-state index contributed by atoms with van der Waals surface area (Å²) >= 11 is 3.23. The van der Waals surface area contributed by atoms with Crippen molar-refractivity contribution < 1.29 is 8.42 Å². The number of nitrogens with one attached hydrogen (secondary N) is 1. The Labute approximate surface area is 83.1 Å². The quantitative estimate of drug-likeness (QED) is 0.555. The van der Waals surface area contributed by atoms with Crippen molar-refractivity contribution >= 4 is 26.0 Å². The molecule has 0 aliphatic rings. The third-order valence-corrected chi connectivity index (χ3v) is 3.43. The van der Waals surface area contributed by atoms with Gasteiger partial charge in [0.15, 0.2) is 0 Å². The van der Waals surface area contributed by atoms with Crippen molar-refractivity contribution in [3.8, 4) is 0 Å². The summed E-state index contributed by atoms with van der Waals surface area (Å²) in [6.07, 6.45) is 2.49. The van der Waals surface area contributed by atoms with E-state index < -0.39 is 10.0 Å². The predicted molar refractivity (Wildman–Crippen MR) is 55.1 cm³/mol. The monoisotopic (exact) mass is 257 g/mol. The topological polar surface area (TPSA) is 46.2 Å². The van der Waals surface area contributed by atoms with E-state index in [1.54, 1.807) is 0 Å². The lowest BCUT2D eigenvalue weighted by Gasteiger charge is -2.03. The summed E-state index contributed by atoms with van der Waals surface area (Å²) in [5.74, 6) is 0.256. The Morgan fingerprint density at radius 2 is 2.00 bits per heavy atom. The zero-order chi connectivity index (χ0) is 9.45. The van der Waals surface area contributed by atoms with Gasteiger partial charge in [-0.15, -0.1) is 0 Å². The second-order valence-corrected chi connectivity index (χ2v) is 5.33. The average Bonchev–Trinajstić information content (AvgIpc) is 2.01. The van der Waals surface area contributed by atoms with Crippen LogP contribution in [0.3, 0.4) is 0 Å². The normalized spacial score (nSPS) is 11.8. The second-order valence-electron chi connectivity index (χ2n) is 2.61. The van der Waals surface area contributed by atoms with Gasteiger partial charge in [-0.3, -0.25) is 0 Å². The number of unbranched alkanes of at least 4 members (excludes halogenated alkanes) is 1. The van der Waals surface area contributed by atoms with Gasteiger partial charge in [-0.25, -0.2) is 13.1 Å². The fourth-order valence-electron chi connectivity index (χ4n) is 0.701. The van der Waals surface area contributed by atoms with Gasteiger partial charge >= 0.3 is 0 Å². The molecule has 1 N–H and O–H groups in total. The van der Waals surface area contributed by atoms with Gasteiger partial charge in [-0.1, -0.05) is 29.3 Å². The fourth-order valence-corrected chi connectivity index (χ4v) is 2.25. The molecule has 0 aromatic rings. The van der Waals surface area contributed by atoms with Crippen LogP contribution >= 0.6 is 15.9 Å². The van der Waals surface area contributed by atoms with Crippen LogP contribution < -0.4 is 4.72 Å². The molecule has 0 unspecified atom stereocenters. The minimum absolute atomic E-state index is 0.256. The molecule has 0 aliphatic carbocycles. The molecule has 0 spiro atoms. The van der Waals surface area contributed by atoms with E-state index in [9.17, 15) is 8.42 Å². The molecule has 0 aromatic carbocycles. The first-order chi connectivity index (χ1) is 5.62. The maximum absolute atomic E-state index is 11.1. The van der Waals surface area contributed by atoms with E-state index in [0.29, 0.717) is 6.54 Å². The molecular formula is C7H16BrNO2S. The van der Waals surface area contributed by atoms with Gasteiger partial charge in [0.25, 0.3) is 0 Å². The molecule has 0 amide bonds. The van der Waals surface area contributed by atoms with Gasteiger partial charge in [0.2, 0.25) is 10.0 Å². The fraction of sp³-hybridized carbons (Fsp3) is 1.00. The molecule has 0 aliphatic heterocycles. The lowest BCUT2D eigenvalue weighted by Crippen LogP contribution is -2.27. The van der Waals surface area contributed by atoms with Gasteiger partial charge < -0.3 is 0 Å². The van der Waals surface area contributed by atoms with Crippen molar-refractivity contribution in [3.63, 3.8) is 0 Å². The van der Waals surface area contributed by atoms with Crippen molar-refractivity contribution in [1.82, 2.24) is 4.72 Å². The van der Waals surface area contributed by atoms with Crippen LogP contribution in [-0.4, -0.2) is 26.0 Å². The molecule has 5 heteroatoms. The smallest absolute Gasteiger partial charge is 0.211 e. The van der Waals surface area contributed by atoms with Crippen LogP contribution in [0.5, 0.6) is 0 Å². The van der Waals surface area contributed by atoms with Crippen LogP contribution in [-0.2, 0) is 10.0 Å². The molecule has 0 radical (unpaired) electrons. The van der Waals surface area contributed by atoms with Crippen LogP contribution in [0.4, 0.5) is 0 Å². The number of alkyl halides is 1. The van der Waals surface area contributed by atoms with E-state index in [0.717, 1.165) is 24.6 Å². The molecule has 0 atom stereocenters. The van der Waals surface area contributed by atoms with Crippen molar-refractivity contribution in [2.24, 2.45) is 0 Å². The molecule has 3 nitrogen and oxygen atoms in total. The Morgan fingerprint density at radius 1 is 1.33 bits per heavy atom. The summed E-state index contributed by atoms with van der Waals surface area (Å²) in [6, 6.07) is 0. The summed E-state index contributed by atoms with van der Waals surface area (Å²) in [7, 11) is -2.99. The molecule has 0 fully saturated rings. The first kappa shape index (κ1) is 12.4. The van der Waals surface area contributed by atoms with Crippen LogP contribution in [0.15, 0.2) is 0 Å². The van der Waals surface area contributed by atoms with Gasteiger partial charge in [-0.2, -0.15) is 0 Å². The average molecular weight is 258 g/mol. The predicted octanol–water partition coefficient (Wildman–Crippen LogP) is 1.49. The standard InChI is InChI=1S/C7H16BrNO2S/c1-2-3-7-12(10,11)9-6-4-5-8/h9H,2-7H2,1H3. The third-order valence-electron chi connectivity index (χ3n) is 1.40. The van der Waals surface area contributed by atoms with Gasteiger partial charge in [0.05, 0.1) is 5.75 Å². The maximum atomic E-state index is 11.1. The molecule has 0 saturated carbocycles. The molecule has 0 bridgehead atoms. The van der Waals surface area contributed by atoms with Crippen molar-refractivity contribution in [3.05, 3.63) is 0 Å². The summed E-state index contributed by atoms with van der Waals surface area (Å²) in [5.41, 5.74) is 0. The van der Waals surface area contributed by atoms with Crippen LogP contribution in [0.25, 0.3) is 0 Å². The van der Waals surface area contributed by atoms with E-state index >= 15 is 0 Å².